The van der Waals surface area contributed by atoms with Gasteiger partial charge < -0.3 is 14.6 Å². The Kier molecular flexibility index (Phi) is 4.26. The molecular weight excluding hydrogens is 328 g/mol. The molecule has 1 amide bonds. The van der Waals surface area contributed by atoms with Crippen LogP contribution < -0.4 is 0 Å². The number of aromatic nitrogens is 2. The van der Waals surface area contributed by atoms with Gasteiger partial charge in [-0.3, -0.25) is 9.79 Å². The van der Waals surface area contributed by atoms with Crippen molar-refractivity contribution in [2.75, 3.05) is 20.2 Å². The van der Waals surface area contributed by atoms with Crippen molar-refractivity contribution in [1.29, 1.82) is 0 Å². The van der Waals surface area contributed by atoms with Crippen LogP contribution in [0.2, 0.25) is 0 Å². The number of H-pyrrole nitrogens is 1. The number of rotatable bonds is 4. The van der Waals surface area contributed by atoms with Gasteiger partial charge in [-0.2, -0.15) is 0 Å². The van der Waals surface area contributed by atoms with E-state index in [1.54, 1.807) is 13.3 Å². The summed E-state index contributed by atoms with van der Waals surface area (Å²) in [5.41, 5.74) is 5.74. The SMILES string of the molecule is C=Cc1cccc2c1CCN1C(=O)CN=C(c3nc(COC)c[nH]3)C=C21. The van der Waals surface area contributed by atoms with Crippen molar-refractivity contribution in [1.82, 2.24) is 14.9 Å². The van der Waals surface area contributed by atoms with E-state index in [9.17, 15) is 4.79 Å². The van der Waals surface area contributed by atoms with Gasteiger partial charge in [0.1, 0.15) is 12.3 Å². The lowest BCUT2D eigenvalue weighted by Crippen LogP contribution is -2.36. The first-order valence-corrected chi connectivity index (χ1v) is 8.56. The molecule has 6 nitrogen and oxygen atoms in total. The van der Waals surface area contributed by atoms with E-state index in [0.717, 1.165) is 28.9 Å². The molecule has 0 unspecified atom stereocenters. The smallest absolute Gasteiger partial charge is 0.248 e. The molecule has 0 aliphatic carbocycles. The number of benzene rings is 1. The van der Waals surface area contributed by atoms with E-state index in [-0.39, 0.29) is 12.5 Å². The van der Waals surface area contributed by atoms with Gasteiger partial charge in [-0.05, 0) is 23.6 Å². The summed E-state index contributed by atoms with van der Waals surface area (Å²) in [6.45, 7) is 5.10. The van der Waals surface area contributed by atoms with E-state index in [2.05, 4.69) is 33.7 Å². The number of ether oxygens (including phenoxy) is 1. The summed E-state index contributed by atoms with van der Waals surface area (Å²) in [4.78, 5) is 26.6. The minimum Gasteiger partial charge on any atom is -0.378 e. The maximum Gasteiger partial charge on any atom is 0.248 e. The highest BCUT2D eigenvalue weighted by Crippen LogP contribution is 2.32. The first-order valence-electron chi connectivity index (χ1n) is 8.56. The van der Waals surface area contributed by atoms with Crippen molar-refractivity contribution in [2.45, 2.75) is 13.0 Å². The maximum absolute atomic E-state index is 12.6. The first-order chi connectivity index (χ1) is 12.7. The lowest BCUT2D eigenvalue weighted by Gasteiger charge is -2.31. The molecule has 4 rings (SSSR count). The molecule has 0 fully saturated rings. The molecule has 1 aromatic heterocycles. The van der Waals surface area contributed by atoms with Gasteiger partial charge in [0.2, 0.25) is 5.91 Å². The lowest BCUT2D eigenvalue weighted by molar-refractivity contribution is -0.126. The number of aliphatic imine (C=N–C) groups is 1. The summed E-state index contributed by atoms with van der Waals surface area (Å²) in [5.74, 6) is 0.649. The highest BCUT2D eigenvalue weighted by Gasteiger charge is 2.29. The molecule has 6 heteroatoms. The molecule has 0 bridgehead atoms. The van der Waals surface area contributed by atoms with Crippen LogP contribution in [0.3, 0.4) is 0 Å². The van der Waals surface area contributed by atoms with Crippen LogP contribution in [-0.4, -0.2) is 46.7 Å². The van der Waals surface area contributed by atoms with Crippen LogP contribution >= 0.6 is 0 Å². The van der Waals surface area contributed by atoms with Gasteiger partial charge in [0.25, 0.3) is 0 Å². The fourth-order valence-corrected chi connectivity index (χ4v) is 3.49. The average molecular weight is 348 g/mol. The van der Waals surface area contributed by atoms with Gasteiger partial charge in [-0.15, -0.1) is 0 Å². The Hall–Kier alpha value is -2.99. The molecule has 26 heavy (non-hydrogen) atoms. The standard InChI is InChI=1S/C20H20N4O2/c1-3-13-5-4-6-16-15(13)7-8-24-18(16)9-17(21-11-19(24)25)20-22-10-14(23-20)12-26-2/h3-6,9-10H,1,7-8,11-12H2,2H3,(H,22,23). The number of methoxy groups -OCH3 is 1. The highest BCUT2D eigenvalue weighted by molar-refractivity contribution is 6.13. The van der Waals surface area contributed by atoms with Crippen molar-refractivity contribution < 1.29 is 9.53 Å². The predicted molar refractivity (Wildman–Crippen MR) is 101 cm³/mol. The van der Waals surface area contributed by atoms with E-state index in [4.69, 9.17) is 4.74 Å². The van der Waals surface area contributed by atoms with Gasteiger partial charge in [0.15, 0.2) is 5.82 Å². The first kappa shape index (κ1) is 16.5. The summed E-state index contributed by atoms with van der Waals surface area (Å²) < 4.78 is 5.12. The number of carbonyl (C=O) groups is 1. The van der Waals surface area contributed by atoms with E-state index in [1.807, 2.05) is 23.1 Å². The summed E-state index contributed by atoms with van der Waals surface area (Å²) in [6.07, 6.45) is 6.43. The second kappa shape index (κ2) is 6.72. The molecule has 0 saturated heterocycles. The lowest BCUT2D eigenvalue weighted by atomic mass is 9.91. The van der Waals surface area contributed by atoms with Crippen molar-refractivity contribution in [3.8, 4) is 0 Å². The summed E-state index contributed by atoms with van der Waals surface area (Å²) >= 11 is 0. The average Bonchev–Trinajstić information content (AvgIpc) is 3.05. The number of hydrogen-bond donors (Lipinski definition) is 1. The van der Waals surface area contributed by atoms with Crippen LogP contribution in [-0.2, 0) is 22.6 Å². The minimum atomic E-state index is 0.00424. The molecular formula is C20H20N4O2. The Morgan fingerprint density at radius 2 is 2.31 bits per heavy atom. The zero-order valence-electron chi connectivity index (χ0n) is 14.7. The Labute approximate surface area is 151 Å². The van der Waals surface area contributed by atoms with E-state index < -0.39 is 0 Å². The number of amides is 1. The van der Waals surface area contributed by atoms with Crippen molar-refractivity contribution in [3.63, 3.8) is 0 Å². The second-order valence-corrected chi connectivity index (χ2v) is 6.28. The number of nitrogens with one attached hydrogen (secondary N) is 1. The zero-order chi connectivity index (χ0) is 18.1. The van der Waals surface area contributed by atoms with E-state index in [1.165, 1.54) is 5.56 Å². The number of fused-ring (bicyclic) bond motifs is 3. The molecule has 132 valence electrons. The Balaban J connectivity index is 1.81. The molecule has 2 aliphatic rings. The van der Waals surface area contributed by atoms with Crippen LogP contribution in [0.25, 0.3) is 11.8 Å². The predicted octanol–water partition coefficient (Wildman–Crippen LogP) is 2.43. The highest BCUT2D eigenvalue weighted by atomic mass is 16.5. The Morgan fingerprint density at radius 1 is 1.42 bits per heavy atom. The number of nitrogens with zero attached hydrogens (tertiary/aromatic N) is 3. The van der Waals surface area contributed by atoms with Gasteiger partial charge in [-0.25, -0.2) is 4.98 Å². The zero-order valence-corrected chi connectivity index (χ0v) is 14.7. The number of allylic oxidation sites excluding steroid dienone is 1. The quantitative estimate of drug-likeness (QED) is 0.922. The summed E-state index contributed by atoms with van der Waals surface area (Å²) in [7, 11) is 1.63. The number of aromatic amines is 1. The third-order valence-corrected chi connectivity index (χ3v) is 4.71. The van der Waals surface area contributed by atoms with Gasteiger partial charge in [-0.1, -0.05) is 30.9 Å². The summed E-state index contributed by atoms with van der Waals surface area (Å²) in [6, 6.07) is 6.10. The molecule has 0 spiro atoms. The Bertz CT molecular complexity index is 939. The number of hydrogen-bond acceptors (Lipinski definition) is 4. The van der Waals surface area contributed by atoms with E-state index in [0.29, 0.717) is 24.7 Å². The second-order valence-electron chi connectivity index (χ2n) is 6.28. The van der Waals surface area contributed by atoms with E-state index >= 15 is 0 Å². The molecule has 1 N–H and O–H groups in total. The van der Waals surface area contributed by atoms with Crippen LogP contribution in [0.1, 0.15) is 28.2 Å². The van der Waals surface area contributed by atoms with Crippen molar-refractivity contribution in [2.24, 2.45) is 4.99 Å². The van der Waals surface area contributed by atoms with Crippen molar-refractivity contribution >= 4 is 23.4 Å². The third kappa shape index (κ3) is 2.78. The maximum atomic E-state index is 12.6. The molecule has 0 radical (unpaired) electrons. The van der Waals surface area contributed by atoms with Gasteiger partial charge in [0.05, 0.1) is 18.0 Å². The molecule has 0 saturated carbocycles. The van der Waals surface area contributed by atoms with Crippen LogP contribution in [0.5, 0.6) is 0 Å². The van der Waals surface area contributed by atoms with Gasteiger partial charge in [0, 0.05) is 25.4 Å². The van der Waals surface area contributed by atoms with Crippen LogP contribution in [0.4, 0.5) is 0 Å². The third-order valence-electron chi connectivity index (χ3n) is 4.71. The summed E-state index contributed by atoms with van der Waals surface area (Å²) in [5, 5.41) is 0. The number of carbonyl (C=O) groups excluding carboxylic acids is 1. The fraction of sp³-hybridized carbons (Fsp3) is 0.250. The van der Waals surface area contributed by atoms with Crippen molar-refractivity contribution in [3.05, 3.63) is 65.3 Å². The van der Waals surface area contributed by atoms with Crippen LogP contribution in [0.15, 0.2) is 42.0 Å². The topological polar surface area (TPSA) is 70.6 Å². The largest absolute Gasteiger partial charge is 0.378 e. The minimum absolute atomic E-state index is 0.00424. The van der Waals surface area contributed by atoms with Gasteiger partial charge >= 0.3 is 0 Å². The fourth-order valence-electron chi connectivity index (χ4n) is 3.49. The monoisotopic (exact) mass is 348 g/mol. The Morgan fingerprint density at radius 3 is 3.12 bits per heavy atom. The molecule has 2 aliphatic heterocycles. The number of imidazole rings is 1. The van der Waals surface area contributed by atoms with Crippen LogP contribution in [0, 0.1) is 0 Å². The molecule has 0 atom stereocenters. The molecule has 3 heterocycles. The normalized spacial score (nSPS) is 16.3. The molecule has 1 aromatic carbocycles. The molecule has 2 aromatic rings.